The fourth-order valence-corrected chi connectivity index (χ4v) is 5.08. The van der Waals surface area contributed by atoms with E-state index >= 15 is 0 Å². The second kappa shape index (κ2) is 9.68. The molecule has 1 unspecified atom stereocenters. The van der Waals surface area contributed by atoms with E-state index in [1.54, 1.807) is 11.3 Å². The lowest BCUT2D eigenvalue weighted by Crippen LogP contribution is -2.28. The fraction of sp³-hybridized carbons (Fsp3) is 0.208. The van der Waals surface area contributed by atoms with Gasteiger partial charge < -0.3 is 14.8 Å². The van der Waals surface area contributed by atoms with Crippen LogP contribution >= 0.6 is 23.1 Å². The summed E-state index contributed by atoms with van der Waals surface area (Å²) in [6, 6.07) is 19.7. The van der Waals surface area contributed by atoms with Gasteiger partial charge in [-0.3, -0.25) is 9.36 Å². The Bertz CT molecular complexity index is 1240. The van der Waals surface area contributed by atoms with Crippen LogP contribution in [0.15, 0.2) is 71.2 Å². The molecule has 168 valence electrons. The third-order valence-corrected chi connectivity index (χ3v) is 7.04. The van der Waals surface area contributed by atoms with Crippen molar-refractivity contribution in [1.82, 2.24) is 20.1 Å². The van der Waals surface area contributed by atoms with Gasteiger partial charge in [0.1, 0.15) is 5.82 Å². The van der Waals surface area contributed by atoms with Gasteiger partial charge in [-0.1, -0.05) is 42.1 Å². The molecule has 2 aromatic heterocycles. The standard InChI is InChI=1S/C24H22N4O3S2/c1-16(17-9-10-20-21(12-17)31-15-30-20)25-23(29)14-33-24-27-26-22(13-19-8-5-11-32-19)28(24)18-6-3-2-4-7-18/h2-12,16H,13-15H2,1H3,(H,25,29). The van der Waals surface area contributed by atoms with Crippen molar-refractivity contribution >= 4 is 29.0 Å². The second-order valence-electron chi connectivity index (χ2n) is 7.52. The van der Waals surface area contributed by atoms with Gasteiger partial charge in [-0.05, 0) is 48.2 Å². The zero-order valence-electron chi connectivity index (χ0n) is 17.9. The molecule has 1 aliphatic rings. The molecule has 4 aromatic rings. The summed E-state index contributed by atoms with van der Waals surface area (Å²) in [6.07, 6.45) is 0.688. The van der Waals surface area contributed by atoms with Crippen LogP contribution in [-0.4, -0.2) is 33.2 Å². The first kappa shape index (κ1) is 21.5. The van der Waals surface area contributed by atoms with Crippen molar-refractivity contribution in [3.05, 3.63) is 82.3 Å². The van der Waals surface area contributed by atoms with Crippen LogP contribution in [0.5, 0.6) is 11.5 Å². The molecule has 7 nitrogen and oxygen atoms in total. The van der Waals surface area contributed by atoms with E-state index < -0.39 is 0 Å². The highest BCUT2D eigenvalue weighted by molar-refractivity contribution is 7.99. The van der Waals surface area contributed by atoms with Crippen molar-refractivity contribution in [2.75, 3.05) is 12.5 Å². The third-order valence-electron chi connectivity index (χ3n) is 5.23. The molecule has 1 amide bonds. The van der Waals surface area contributed by atoms with Crippen LogP contribution in [0.2, 0.25) is 0 Å². The Morgan fingerprint density at radius 2 is 1.97 bits per heavy atom. The first-order chi connectivity index (χ1) is 16.2. The quantitative estimate of drug-likeness (QED) is 0.373. The SMILES string of the molecule is CC(NC(=O)CSc1nnc(Cc2cccs2)n1-c1ccccc1)c1ccc2c(c1)OCO2. The average Bonchev–Trinajstić information content (AvgIpc) is 3.59. The Morgan fingerprint density at radius 3 is 2.79 bits per heavy atom. The fourth-order valence-electron chi connectivity index (χ4n) is 3.59. The molecule has 1 aliphatic heterocycles. The number of hydrogen-bond donors (Lipinski definition) is 1. The number of rotatable bonds is 8. The van der Waals surface area contributed by atoms with Gasteiger partial charge >= 0.3 is 0 Å². The van der Waals surface area contributed by atoms with Gasteiger partial charge in [0, 0.05) is 17.0 Å². The smallest absolute Gasteiger partial charge is 0.231 e. The van der Waals surface area contributed by atoms with E-state index in [2.05, 4.69) is 27.0 Å². The van der Waals surface area contributed by atoms with Crippen molar-refractivity contribution < 1.29 is 14.3 Å². The van der Waals surface area contributed by atoms with Crippen molar-refractivity contribution in [2.45, 2.75) is 24.5 Å². The number of nitrogens with zero attached hydrogens (tertiary/aromatic N) is 3. The molecular weight excluding hydrogens is 456 g/mol. The van der Waals surface area contributed by atoms with E-state index in [9.17, 15) is 4.79 Å². The lowest BCUT2D eigenvalue weighted by atomic mass is 10.1. The van der Waals surface area contributed by atoms with E-state index in [0.29, 0.717) is 17.3 Å². The van der Waals surface area contributed by atoms with E-state index in [0.717, 1.165) is 22.8 Å². The molecule has 3 heterocycles. The predicted octanol–water partition coefficient (Wildman–Crippen LogP) is 4.62. The van der Waals surface area contributed by atoms with Gasteiger partial charge in [0.05, 0.1) is 11.8 Å². The van der Waals surface area contributed by atoms with Gasteiger partial charge in [-0.15, -0.1) is 21.5 Å². The maximum atomic E-state index is 12.7. The van der Waals surface area contributed by atoms with Gasteiger partial charge in [0.25, 0.3) is 0 Å². The molecule has 0 radical (unpaired) electrons. The minimum atomic E-state index is -0.158. The number of aromatic nitrogens is 3. The molecule has 0 bridgehead atoms. The third kappa shape index (κ3) is 4.89. The number of thioether (sulfide) groups is 1. The Hall–Kier alpha value is -3.30. The summed E-state index contributed by atoms with van der Waals surface area (Å²) in [4.78, 5) is 13.9. The van der Waals surface area contributed by atoms with Gasteiger partial charge in [0.2, 0.25) is 12.7 Å². The minimum absolute atomic E-state index is 0.0763. The van der Waals surface area contributed by atoms with Crippen LogP contribution in [-0.2, 0) is 11.2 Å². The summed E-state index contributed by atoms with van der Waals surface area (Å²) >= 11 is 3.07. The van der Waals surface area contributed by atoms with E-state index in [4.69, 9.17) is 9.47 Å². The number of hydrogen-bond acceptors (Lipinski definition) is 7. The molecule has 0 aliphatic carbocycles. The predicted molar refractivity (Wildman–Crippen MR) is 128 cm³/mol. The van der Waals surface area contributed by atoms with Crippen molar-refractivity contribution in [1.29, 1.82) is 0 Å². The van der Waals surface area contributed by atoms with Crippen LogP contribution in [0.3, 0.4) is 0 Å². The largest absolute Gasteiger partial charge is 0.454 e. The zero-order valence-corrected chi connectivity index (χ0v) is 19.6. The number of amides is 1. The zero-order chi connectivity index (χ0) is 22.6. The first-order valence-electron chi connectivity index (χ1n) is 10.5. The highest BCUT2D eigenvalue weighted by Crippen LogP contribution is 2.34. The molecular formula is C24H22N4O3S2. The number of carbonyl (C=O) groups is 1. The number of ether oxygens (including phenoxy) is 2. The molecule has 9 heteroatoms. The second-order valence-corrected chi connectivity index (χ2v) is 9.49. The summed E-state index contributed by atoms with van der Waals surface area (Å²) in [5.74, 6) is 2.44. The van der Waals surface area contributed by atoms with Gasteiger partial charge in [0.15, 0.2) is 16.7 Å². The molecule has 0 spiro atoms. The maximum Gasteiger partial charge on any atom is 0.231 e. The van der Waals surface area contributed by atoms with Crippen LogP contribution in [0.25, 0.3) is 5.69 Å². The van der Waals surface area contributed by atoms with Crippen LogP contribution in [0.4, 0.5) is 0 Å². The number of para-hydroxylation sites is 1. The van der Waals surface area contributed by atoms with Crippen molar-refractivity contribution in [2.24, 2.45) is 0 Å². The molecule has 1 N–H and O–H groups in total. The molecule has 33 heavy (non-hydrogen) atoms. The van der Waals surface area contributed by atoms with Gasteiger partial charge in [-0.2, -0.15) is 0 Å². The number of thiophene rings is 1. The first-order valence-corrected chi connectivity index (χ1v) is 12.4. The molecule has 2 aromatic carbocycles. The summed E-state index contributed by atoms with van der Waals surface area (Å²) in [5, 5.41) is 14.6. The Labute approximate surface area is 199 Å². The Balaban J connectivity index is 1.28. The monoisotopic (exact) mass is 478 g/mol. The lowest BCUT2D eigenvalue weighted by Gasteiger charge is -2.15. The van der Waals surface area contributed by atoms with Crippen molar-refractivity contribution in [3.63, 3.8) is 0 Å². The molecule has 1 atom stereocenters. The number of nitrogens with one attached hydrogen (secondary N) is 1. The maximum absolute atomic E-state index is 12.7. The summed E-state index contributed by atoms with van der Waals surface area (Å²) in [6.45, 7) is 2.18. The lowest BCUT2D eigenvalue weighted by molar-refractivity contribution is -0.119. The van der Waals surface area contributed by atoms with Crippen LogP contribution in [0, 0.1) is 0 Å². The average molecular weight is 479 g/mol. The number of benzene rings is 2. The molecule has 0 saturated heterocycles. The number of carbonyl (C=O) groups excluding carboxylic acids is 1. The molecule has 0 saturated carbocycles. The normalized spacial score (nSPS) is 13.1. The summed E-state index contributed by atoms with van der Waals surface area (Å²) in [5.41, 5.74) is 1.94. The summed E-state index contributed by atoms with van der Waals surface area (Å²) < 4.78 is 12.8. The Kier molecular flexibility index (Phi) is 6.32. The van der Waals surface area contributed by atoms with E-state index in [1.807, 2.05) is 66.1 Å². The molecule has 0 fully saturated rings. The number of fused-ring (bicyclic) bond motifs is 1. The highest BCUT2D eigenvalue weighted by Gasteiger charge is 2.19. The minimum Gasteiger partial charge on any atom is -0.454 e. The van der Waals surface area contributed by atoms with Crippen LogP contribution in [0.1, 0.15) is 29.2 Å². The van der Waals surface area contributed by atoms with Gasteiger partial charge in [-0.25, -0.2) is 0 Å². The summed E-state index contributed by atoms with van der Waals surface area (Å²) in [7, 11) is 0. The van der Waals surface area contributed by atoms with Crippen molar-refractivity contribution in [3.8, 4) is 17.2 Å². The van der Waals surface area contributed by atoms with E-state index in [1.165, 1.54) is 16.6 Å². The Morgan fingerprint density at radius 1 is 1.12 bits per heavy atom. The topological polar surface area (TPSA) is 78.3 Å². The highest BCUT2D eigenvalue weighted by atomic mass is 32.2. The van der Waals surface area contributed by atoms with E-state index in [-0.39, 0.29) is 24.5 Å². The van der Waals surface area contributed by atoms with Crippen LogP contribution < -0.4 is 14.8 Å². The molecule has 5 rings (SSSR count).